The van der Waals surface area contributed by atoms with Gasteiger partial charge in [0.2, 0.25) is 0 Å². The molecular formula is C29H31N3O2. The number of amides is 2. The molecule has 0 saturated heterocycles. The molecular weight excluding hydrogens is 422 g/mol. The van der Waals surface area contributed by atoms with Gasteiger partial charge in [-0.15, -0.1) is 0 Å². The first-order chi connectivity index (χ1) is 16.4. The van der Waals surface area contributed by atoms with Gasteiger partial charge in [0.1, 0.15) is 0 Å². The standard InChI is InChI=1S/C29H31N3O2/c1-20-8-7-11-23(15-20)12-13-32(29(34)30-18-24-9-5-4-6-10-24)19-25-17-26-22(3)14-21(2)16-27(26)31-28(25)33/h4-11,14-17H,12-13,18-19H2,1-3H3,(H,30,34)(H,31,33). The van der Waals surface area contributed by atoms with Gasteiger partial charge in [0, 0.05) is 29.6 Å². The molecule has 0 fully saturated rings. The second-order valence-electron chi connectivity index (χ2n) is 8.97. The highest BCUT2D eigenvalue weighted by Gasteiger charge is 2.17. The Morgan fingerprint density at radius 1 is 0.882 bits per heavy atom. The minimum atomic E-state index is -0.184. The number of nitrogens with zero attached hydrogens (tertiary/aromatic N) is 1. The fraction of sp³-hybridized carbons (Fsp3) is 0.241. The average Bonchev–Trinajstić information content (AvgIpc) is 2.81. The van der Waals surface area contributed by atoms with Crippen LogP contribution in [0, 0.1) is 20.8 Å². The Kier molecular flexibility index (Phi) is 7.12. The minimum Gasteiger partial charge on any atom is -0.334 e. The van der Waals surface area contributed by atoms with E-state index in [-0.39, 0.29) is 18.1 Å². The van der Waals surface area contributed by atoms with Crippen molar-refractivity contribution in [1.29, 1.82) is 0 Å². The molecule has 1 aromatic heterocycles. The zero-order valence-corrected chi connectivity index (χ0v) is 20.0. The van der Waals surface area contributed by atoms with E-state index >= 15 is 0 Å². The lowest BCUT2D eigenvalue weighted by Crippen LogP contribution is -2.41. The highest BCUT2D eigenvalue weighted by atomic mass is 16.2. The molecule has 0 aliphatic rings. The monoisotopic (exact) mass is 453 g/mol. The van der Waals surface area contributed by atoms with Crippen molar-refractivity contribution in [1.82, 2.24) is 15.2 Å². The zero-order valence-electron chi connectivity index (χ0n) is 20.0. The molecule has 0 bridgehead atoms. The number of pyridine rings is 1. The molecule has 0 unspecified atom stereocenters. The van der Waals surface area contributed by atoms with Gasteiger partial charge >= 0.3 is 6.03 Å². The molecule has 5 nitrogen and oxygen atoms in total. The maximum atomic E-state index is 13.2. The highest BCUT2D eigenvalue weighted by Crippen LogP contribution is 2.19. The topological polar surface area (TPSA) is 65.2 Å². The number of urea groups is 1. The quantitative estimate of drug-likeness (QED) is 0.393. The normalized spacial score (nSPS) is 10.9. The Morgan fingerprint density at radius 2 is 1.65 bits per heavy atom. The van der Waals surface area contributed by atoms with Crippen molar-refractivity contribution in [2.45, 2.75) is 40.3 Å². The van der Waals surface area contributed by atoms with Crippen LogP contribution in [-0.4, -0.2) is 22.5 Å². The smallest absolute Gasteiger partial charge is 0.317 e. The molecule has 3 aromatic carbocycles. The third-order valence-electron chi connectivity index (χ3n) is 6.08. The fourth-order valence-corrected chi connectivity index (χ4v) is 4.31. The minimum absolute atomic E-state index is 0.158. The summed E-state index contributed by atoms with van der Waals surface area (Å²) in [5, 5.41) is 4.02. The van der Waals surface area contributed by atoms with Gasteiger partial charge in [-0.25, -0.2) is 4.79 Å². The molecule has 0 atom stereocenters. The number of nitrogens with one attached hydrogen (secondary N) is 2. The fourth-order valence-electron chi connectivity index (χ4n) is 4.31. The first kappa shape index (κ1) is 23.3. The Hall–Kier alpha value is -3.86. The molecule has 0 aliphatic heterocycles. The molecule has 1 heterocycles. The van der Waals surface area contributed by atoms with Crippen LogP contribution in [0.15, 0.2) is 77.6 Å². The van der Waals surface area contributed by atoms with E-state index in [0.29, 0.717) is 25.1 Å². The Labute approximate surface area is 200 Å². The van der Waals surface area contributed by atoms with Crippen LogP contribution in [0.1, 0.15) is 33.4 Å². The summed E-state index contributed by atoms with van der Waals surface area (Å²) >= 11 is 0. The molecule has 4 rings (SSSR count). The van der Waals surface area contributed by atoms with Crippen LogP contribution >= 0.6 is 0 Å². The van der Waals surface area contributed by atoms with Gasteiger partial charge in [-0.3, -0.25) is 4.79 Å². The SMILES string of the molecule is Cc1cccc(CCN(Cc2cc3c(C)cc(C)cc3[nH]c2=O)C(=O)NCc2ccccc2)c1. The first-order valence-corrected chi connectivity index (χ1v) is 11.6. The summed E-state index contributed by atoms with van der Waals surface area (Å²) in [6, 6.07) is 23.9. The lowest BCUT2D eigenvalue weighted by Gasteiger charge is -2.23. The molecule has 0 radical (unpaired) electrons. The van der Waals surface area contributed by atoms with Gasteiger partial charge in [-0.05, 0) is 61.6 Å². The number of rotatable bonds is 7. The van der Waals surface area contributed by atoms with Crippen LogP contribution in [0.5, 0.6) is 0 Å². The molecule has 4 aromatic rings. The lowest BCUT2D eigenvalue weighted by molar-refractivity contribution is 0.195. The van der Waals surface area contributed by atoms with E-state index in [1.165, 1.54) is 11.1 Å². The zero-order chi connectivity index (χ0) is 24.1. The van der Waals surface area contributed by atoms with Gasteiger partial charge in [-0.2, -0.15) is 0 Å². The number of H-pyrrole nitrogens is 1. The predicted octanol–water partition coefficient (Wildman–Crippen LogP) is 5.41. The van der Waals surface area contributed by atoms with Gasteiger partial charge in [0.15, 0.2) is 0 Å². The Bertz CT molecular complexity index is 1360. The van der Waals surface area contributed by atoms with Gasteiger partial charge < -0.3 is 15.2 Å². The van der Waals surface area contributed by atoms with E-state index in [9.17, 15) is 9.59 Å². The van der Waals surface area contributed by atoms with E-state index in [4.69, 9.17) is 0 Å². The summed E-state index contributed by atoms with van der Waals surface area (Å²) in [5.74, 6) is 0. The van der Waals surface area contributed by atoms with Crippen molar-refractivity contribution >= 4 is 16.9 Å². The van der Waals surface area contributed by atoms with Gasteiger partial charge in [-0.1, -0.05) is 66.2 Å². The van der Waals surface area contributed by atoms with Crippen LogP contribution in [-0.2, 0) is 19.5 Å². The number of carbonyl (C=O) groups is 1. The van der Waals surface area contributed by atoms with Crippen LogP contribution in [0.4, 0.5) is 4.79 Å². The van der Waals surface area contributed by atoms with E-state index < -0.39 is 0 Å². The molecule has 0 aliphatic carbocycles. The van der Waals surface area contributed by atoms with Crippen LogP contribution in [0.3, 0.4) is 0 Å². The van der Waals surface area contributed by atoms with Crippen LogP contribution < -0.4 is 10.9 Å². The second kappa shape index (κ2) is 10.4. The number of carbonyl (C=O) groups excluding carboxylic acids is 1. The van der Waals surface area contributed by atoms with Crippen molar-refractivity contribution in [3.05, 3.63) is 117 Å². The van der Waals surface area contributed by atoms with Crippen LogP contribution in [0.2, 0.25) is 0 Å². The van der Waals surface area contributed by atoms with Crippen molar-refractivity contribution in [2.24, 2.45) is 0 Å². The van der Waals surface area contributed by atoms with Crippen molar-refractivity contribution < 1.29 is 4.79 Å². The molecule has 174 valence electrons. The molecule has 0 spiro atoms. The number of benzene rings is 3. The summed E-state index contributed by atoms with van der Waals surface area (Å²) in [6.07, 6.45) is 0.712. The highest BCUT2D eigenvalue weighted by molar-refractivity contribution is 5.83. The van der Waals surface area contributed by atoms with Crippen molar-refractivity contribution in [2.75, 3.05) is 6.54 Å². The van der Waals surface area contributed by atoms with Crippen LogP contribution in [0.25, 0.3) is 10.9 Å². The number of aromatic amines is 1. The average molecular weight is 454 g/mol. The predicted molar refractivity (Wildman–Crippen MR) is 138 cm³/mol. The van der Waals surface area contributed by atoms with Gasteiger partial charge in [0.25, 0.3) is 5.56 Å². The third kappa shape index (κ3) is 5.73. The lowest BCUT2D eigenvalue weighted by atomic mass is 10.0. The van der Waals surface area contributed by atoms with E-state index in [0.717, 1.165) is 27.6 Å². The Balaban J connectivity index is 1.58. The number of fused-ring (bicyclic) bond motifs is 1. The number of hydrogen-bond donors (Lipinski definition) is 2. The number of hydrogen-bond acceptors (Lipinski definition) is 2. The molecule has 0 saturated carbocycles. The maximum absolute atomic E-state index is 13.2. The molecule has 2 amide bonds. The van der Waals surface area contributed by atoms with E-state index in [1.54, 1.807) is 4.90 Å². The van der Waals surface area contributed by atoms with Crippen molar-refractivity contribution in [3.63, 3.8) is 0 Å². The number of aryl methyl sites for hydroxylation is 3. The summed E-state index contributed by atoms with van der Waals surface area (Å²) < 4.78 is 0. The van der Waals surface area contributed by atoms with Crippen molar-refractivity contribution in [3.8, 4) is 0 Å². The molecule has 5 heteroatoms. The van der Waals surface area contributed by atoms with E-state index in [2.05, 4.69) is 41.5 Å². The third-order valence-corrected chi connectivity index (χ3v) is 6.08. The second-order valence-corrected chi connectivity index (χ2v) is 8.97. The number of aromatic nitrogens is 1. The molecule has 34 heavy (non-hydrogen) atoms. The summed E-state index contributed by atoms with van der Waals surface area (Å²) in [6.45, 7) is 7.31. The summed E-state index contributed by atoms with van der Waals surface area (Å²) in [4.78, 5) is 30.8. The summed E-state index contributed by atoms with van der Waals surface area (Å²) in [7, 11) is 0. The van der Waals surface area contributed by atoms with E-state index in [1.807, 2.05) is 62.4 Å². The summed E-state index contributed by atoms with van der Waals surface area (Å²) in [5.41, 5.74) is 6.84. The largest absolute Gasteiger partial charge is 0.334 e. The Morgan fingerprint density at radius 3 is 2.41 bits per heavy atom. The van der Waals surface area contributed by atoms with Gasteiger partial charge in [0.05, 0.1) is 6.54 Å². The first-order valence-electron chi connectivity index (χ1n) is 11.6. The molecule has 2 N–H and O–H groups in total. The maximum Gasteiger partial charge on any atom is 0.317 e.